The molecule has 1 heterocycles. The first kappa shape index (κ1) is 49.5. The molecule has 2 unspecified atom stereocenters. The molecule has 4 heteroatoms. The number of fused-ring (bicyclic) bond motifs is 5. The van der Waals surface area contributed by atoms with Gasteiger partial charge in [-0.3, -0.25) is 0 Å². The molecule has 3 aliphatic rings. The van der Waals surface area contributed by atoms with E-state index in [1.807, 2.05) is 0 Å². The van der Waals surface area contributed by atoms with E-state index in [0.717, 1.165) is 38.5 Å². The molecule has 0 N–H and O–H groups in total. The fourth-order valence-corrected chi connectivity index (χ4v) is 40.5. The van der Waals surface area contributed by atoms with Crippen LogP contribution in [0.1, 0.15) is 194 Å². The molecule has 1 aliphatic heterocycles. The van der Waals surface area contributed by atoms with Crippen LogP contribution in [0.2, 0.25) is 0 Å². The molecule has 6 aromatic carbocycles. The topological polar surface area (TPSA) is 0 Å². The van der Waals surface area contributed by atoms with Gasteiger partial charge < -0.3 is 0 Å². The summed E-state index contributed by atoms with van der Waals surface area (Å²) >= 11 is -5.75. The van der Waals surface area contributed by atoms with Crippen LogP contribution in [0.5, 0.6) is 0 Å². The van der Waals surface area contributed by atoms with Gasteiger partial charge >= 0.3 is 425 Å². The van der Waals surface area contributed by atoms with Crippen molar-refractivity contribution in [2.45, 2.75) is 153 Å². The van der Waals surface area contributed by atoms with Gasteiger partial charge in [0, 0.05) is 0 Å². The standard InChI is InChI=1S/2C26H33.C12H9Si.2ClH.Zr/c2*1-7-8-9-20-12-21-11-10-19(6)26(25(21)13-20)24-15-22(17(2)3)14-23(16-24)18(4)5;1-3-7-11-9(5-1)10-6-2-4-8-12(10)13-11;;;/h2*10-18H,7-9H2,1-6H3;1-7H,13H2;2*1H;/q;;;;;+2/p-2. The molecule has 2 aliphatic carbocycles. The Bertz CT molecular complexity index is 2790. The molecule has 0 aromatic heterocycles. The van der Waals surface area contributed by atoms with E-state index < -0.39 is 25.9 Å². The van der Waals surface area contributed by atoms with Crippen LogP contribution < -0.4 is 13.6 Å². The third-order valence-corrected chi connectivity index (χ3v) is 39.1. The molecule has 9 rings (SSSR count). The summed E-state index contributed by atoms with van der Waals surface area (Å²) in [6.07, 6.45) is 11.6. The first-order chi connectivity index (χ1) is 32.5. The molecule has 0 bridgehead atoms. The monoisotopic (exact) mass is 1030 g/mol. The molecular formula is C64H75Cl2SiZr. The fraction of sp³-hybridized carbons (Fsp3) is 0.375. The molecule has 0 nitrogen and oxygen atoms in total. The summed E-state index contributed by atoms with van der Waals surface area (Å²) in [5.41, 5.74) is 24.6. The van der Waals surface area contributed by atoms with Crippen molar-refractivity contribution < 1.29 is 16.4 Å². The molecule has 0 spiro atoms. The summed E-state index contributed by atoms with van der Waals surface area (Å²) in [6, 6.07) is 40.8. The molecule has 2 atom stereocenters. The zero-order valence-corrected chi connectivity index (χ0v) is 48.5. The summed E-state index contributed by atoms with van der Waals surface area (Å²) < 4.78 is 1.14. The third kappa shape index (κ3) is 8.42. The second-order valence-electron chi connectivity index (χ2n) is 22.2. The third-order valence-electron chi connectivity index (χ3n) is 16.3. The Morgan fingerprint density at radius 3 is 1.37 bits per heavy atom. The van der Waals surface area contributed by atoms with Crippen molar-refractivity contribution in [1.82, 2.24) is 0 Å². The van der Waals surface area contributed by atoms with Crippen LogP contribution >= 0.6 is 17.0 Å². The van der Waals surface area contributed by atoms with Crippen LogP contribution in [0.4, 0.5) is 0 Å². The molecule has 6 aromatic rings. The van der Waals surface area contributed by atoms with Crippen LogP contribution in [0, 0.1) is 13.8 Å². The van der Waals surface area contributed by atoms with E-state index in [1.54, 1.807) is 0 Å². The Labute approximate surface area is 421 Å². The SMILES string of the molecule is CCCCC1=Cc2c(ccc(C)c2-c2cc(C(C)C)cc(C(C)C)c2)[CH]1[Zr]([Cl])([Cl])([c]1cccc2c1[SiH2]c1ccccc1-2)[CH]1C(CCCC)=Cc2c1ccc(C)c2-c1cc(C(C)C)cc(C(C)C)c1. The molecule has 68 heavy (non-hydrogen) atoms. The second-order valence-corrected chi connectivity index (χ2v) is 44.7. The van der Waals surface area contributed by atoms with E-state index >= 15 is 0 Å². The maximum atomic E-state index is 9.62. The number of rotatable bonds is 15. The van der Waals surface area contributed by atoms with Gasteiger partial charge in [-0.1, -0.05) is 0 Å². The van der Waals surface area contributed by atoms with E-state index in [2.05, 4.69) is 198 Å². The summed E-state index contributed by atoms with van der Waals surface area (Å²) in [5, 5.41) is 3.00. The summed E-state index contributed by atoms with van der Waals surface area (Å²) in [7, 11) is 18.3. The number of unbranched alkanes of at least 4 members (excludes halogenated alkanes) is 2. The van der Waals surface area contributed by atoms with Crippen molar-refractivity contribution in [2.24, 2.45) is 0 Å². The summed E-state index contributed by atoms with van der Waals surface area (Å²) in [6.45, 7) is 28.0. The Morgan fingerprint density at radius 2 is 0.941 bits per heavy atom. The van der Waals surface area contributed by atoms with E-state index in [9.17, 15) is 17.0 Å². The quantitative estimate of drug-likeness (QED) is 0.0898. The summed E-state index contributed by atoms with van der Waals surface area (Å²) in [4.78, 5) is 0. The molecule has 0 saturated carbocycles. The molecule has 353 valence electrons. The second kappa shape index (κ2) is 19.2. The van der Waals surface area contributed by atoms with Crippen molar-refractivity contribution >= 4 is 52.3 Å². The van der Waals surface area contributed by atoms with Gasteiger partial charge in [0.25, 0.3) is 0 Å². The van der Waals surface area contributed by atoms with Crippen molar-refractivity contribution in [1.29, 1.82) is 0 Å². The van der Waals surface area contributed by atoms with Crippen LogP contribution in [0.25, 0.3) is 45.5 Å². The number of hydrogen-bond acceptors (Lipinski definition) is 0. The predicted molar refractivity (Wildman–Crippen MR) is 301 cm³/mol. The van der Waals surface area contributed by atoms with Gasteiger partial charge in [0.1, 0.15) is 0 Å². The number of hydrogen-bond donors (Lipinski definition) is 0. The fourth-order valence-electron chi connectivity index (χ4n) is 12.5. The Balaban J connectivity index is 1.38. The van der Waals surface area contributed by atoms with Crippen LogP contribution in [-0.4, -0.2) is 9.52 Å². The Kier molecular flexibility index (Phi) is 14.0. The molecule has 0 radical (unpaired) electrons. The predicted octanol–water partition coefficient (Wildman–Crippen LogP) is 17.5. The average Bonchev–Trinajstić information content (AvgIpc) is 4.01. The van der Waals surface area contributed by atoms with Crippen LogP contribution in [0.3, 0.4) is 0 Å². The number of aryl methyl sites for hydroxylation is 2. The molecule has 0 fully saturated rings. The maximum absolute atomic E-state index is 9.62. The van der Waals surface area contributed by atoms with Gasteiger partial charge in [0.2, 0.25) is 0 Å². The van der Waals surface area contributed by atoms with Crippen molar-refractivity contribution in [3.8, 4) is 33.4 Å². The van der Waals surface area contributed by atoms with Gasteiger partial charge in [-0.15, -0.1) is 0 Å². The zero-order valence-electron chi connectivity index (χ0n) is 43.1. The van der Waals surface area contributed by atoms with Gasteiger partial charge in [-0.25, -0.2) is 0 Å². The van der Waals surface area contributed by atoms with Gasteiger partial charge in [0.05, 0.1) is 0 Å². The van der Waals surface area contributed by atoms with Crippen LogP contribution in [0.15, 0.2) is 114 Å². The van der Waals surface area contributed by atoms with Gasteiger partial charge in [-0.2, -0.15) is 0 Å². The minimum absolute atomic E-state index is 0.0923. The Hall–Kier alpha value is -3.52. The molecule has 0 saturated heterocycles. The van der Waals surface area contributed by atoms with Crippen molar-refractivity contribution in [3.05, 3.63) is 170 Å². The number of allylic oxidation sites excluding steroid dienone is 2. The van der Waals surface area contributed by atoms with Crippen molar-refractivity contribution in [2.75, 3.05) is 0 Å². The Morgan fingerprint density at radius 1 is 0.515 bits per heavy atom. The first-order valence-electron chi connectivity index (χ1n) is 26.2. The van der Waals surface area contributed by atoms with E-state index in [0.29, 0.717) is 23.7 Å². The summed E-state index contributed by atoms with van der Waals surface area (Å²) in [5.74, 6) is 1.70. The van der Waals surface area contributed by atoms with Crippen molar-refractivity contribution in [3.63, 3.8) is 0 Å². The molecular weight excluding hydrogens is 959 g/mol. The zero-order chi connectivity index (χ0) is 48.4. The van der Waals surface area contributed by atoms with Gasteiger partial charge in [-0.05, 0) is 0 Å². The number of halogens is 2. The number of benzene rings is 6. The minimum atomic E-state index is -5.75. The van der Waals surface area contributed by atoms with E-state index in [-0.39, 0.29) is 7.25 Å². The average molecular weight is 1030 g/mol. The normalized spacial score (nSPS) is 17.2. The van der Waals surface area contributed by atoms with E-state index in [4.69, 9.17) is 0 Å². The van der Waals surface area contributed by atoms with Crippen LogP contribution in [-0.2, 0) is 16.4 Å². The van der Waals surface area contributed by atoms with E-state index in [1.165, 1.54) is 114 Å². The first-order valence-corrected chi connectivity index (χ1v) is 38.0. The van der Waals surface area contributed by atoms with Gasteiger partial charge in [0.15, 0.2) is 0 Å². The molecule has 0 amide bonds.